The highest BCUT2D eigenvalue weighted by Gasteiger charge is 2.51. The first-order chi connectivity index (χ1) is 10.3. The average Bonchev–Trinajstić information content (AvgIpc) is 2.46. The Kier molecular flexibility index (Phi) is 4.34. The summed E-state index contributed by atoms with van der Waals surface area (Å²) in [5.41, 5.74) is -0.239. The zero-order valence-electron chi connectivity index (χ0n) is 14.1. The maximum atomic E-state index is 11.2. The minimum absolute atomic E-state index is 0.145. The SMILES string of the molecule is C[C@@H]1CC[C@@H]2[C@@H](C1)O[C@@H]([C@](C)(O)c1ccccc1)SC2(C)C. The van der Waals surface area contributed by atoms with Crippen molar-refractivity contribution < 1.29 is 9.84 Å². The van der Waals surface area contributed by atoms with Crippen LogP contribution in [0, 0.1) is 11.8 Å². The quantitative estimate of drug-likeness (QED) is 0.866. The third-order valence-electron chi connectivity index (χ3n) is 5.47. The molecule has 2 nitrogen and oxygen atoms in total. The maximum absolute atomic E-state index is 11.2. The van der Waals surface area contributed by atoms with Crippen molar-refractivity contribution in [3.8, 4) is 0 Å². The van der Waals surface area contributed by atoms with E-state index in [1.165, 1.54) is 12.8 Å². The van der Waals surface area contributed by atoms with E-state index in [-0.39, 0.29) is 16.3 Å². The third kappa shape index (κ3) is 2.95. The van der Waals surface area contributed by atoms with Gasteiger partial charge in [-0.05, 0) is 37.2 Å². The van der Waals surface area contributed by atoms with Crippen LogP contribution in [0.2, 0.25) is 0 Å². The van der Waals surface area contributed by atoms with Crippen LogP contribution >= 0.6 is 11.8 Å². The minimum atomic E-state index is -0.963. The number of ether oxygens (including phenoxy) is 1. The monoisotopic (exact) mass is 320 g/mol. The second-order valence-corrected chi connectivity index (χ2v) is 9.48. The summed E-state index contributed by atoms with van der Waals surface area (Å²) in [7, 11) is 0. The molecule has 1 aliphatic heterocycles. The van der Waals surface area contributed by atoms with E-state index in [2.05, 4.69) is 20.8 Å². The van der Waals surface area contributed by atoms with E-state index in [4.69, 9.17) is 4.74 Å². The summed E-state index contributed by atoms with van der Waals surface area (Å²) in [6, 6.07) is 9.93. The van der Waals surface area contributed by atoms with Gasteiger partial charge in [-0.3, -0.25) is 0 Å². The van der Waals surface area contributed by atoms with Crippen molar-refractivity contribution in [3.05, 3.63) is 35.9 Å². The van der Waals surface area contributed by atoms with Gasteiger partial charge in [0.1, 0.15) is 11.0 Å². The maximum Gasteiger partial charge on any atom is 0.136 e. The first-order valence-electron chi connectivity index (χ1n) is 8.42. The molecule has 0 bridgehead atoms. The molecule has 0 radical (unpaired) electrons. The van der Waals surface area contributed by atoms with Gasteiger partial charge in [-0.1, -0.05) is 57.5 Å². The smallest absolute Gasteiger partial charge is 0.136 e. The minimum Gasteiger partial charge on any atom is -0.382 e. The molecule has 1 saturated heterocycles. The summed E-state index contributed by atoms with van der Waals surface area (Å²) in [5, 5.41) is 11.2. The van der Waals surface area contributed by atoms with E-state index in [0.717, 1.165) is 17.9 Å². The predicted octanol–water partition coefficient (Wildman–Crippen LogP) is 4.57. The topological polar surface area (TPSA) is 29.5 Å². The number of hydrogen-bond donors (Lipinski definition) is 1. The Hall–Kier alpha value is -0.510. The molecule has 22 heavy (non-hydrogen) atoms. The molecule has 1 aromatic rings. The van der Waals surface area contributed by atoms with Gasteiger partial charge >= 0.3 is 0 Å². The fraction of sp³-hybridized carbons (Fsp3) is 0.684. The highest BCUT2D eigenvalue weighted by Crippen LogP contribution is 2.53. The highest BCUT2D eigenvalue weighted by molar-refractivity contribution is 8.01. The number of fused-ring (bicyclic) bond motifs is 1. The number of rotatable bonds is 2. The lowest BCUT2D eigenvalue weighted by atomic mass is 9.74. The number of aliphatic hydroxyl groups is 1. The molecule has 1 saturated carbocycles. The summed E-state index contributed by atoms with van der Waals surface area (Å²) in [6.07, 6.45) is 3.94. The Morgan fingerprint density at radius 1 is 1.23 bits per heavy atom. The standard InChI is InChI=1S/C19H28O2S/c1-13-10-11-15-16(12-13)21-17(22-18(15,2)3)19(4,20)14-8-6-5-7-9-14/h5-9,13,15-17,20H,10-12H2,1-4H3/t13-,15-,16-,17-,19-/m1/s1. The molecule has 3 heteroatoms. The van der Waals surface area contributed by atoms with E-state index < -0.39 is 5.60 Å². The van der Waals surface area contributed by atoms with Crippen LogP contribution in [-0.2, 0) is 10.3 Å². The fourth-order valence-corrected chi connectivity index (χ4v) is 5.54. The molecule has 3 rings (SSSR count). The van der Waals surface area contributed by atoms with Crippen molar-refractivity contribution in [2.24, 2.45) is 11.8 Å². The van der Waals surface area contributed by atoms with Crippen molar-refractivity contribution >= 4 is 11.8 Å². The number of hydrogen-bond acceptors (Lipinski definition) is 3. The van der Waals surface area contributed by atoms with Crippen LogP contribution in [0.5, 0.6) is 0 Å². The van der Waals surface area contributed by atoms with Crippen LogP contribution in [0.1, 0.15) is 52.5 Å². The van der Waals surface area contributed by atoms with Crippen molar-refractivity contribution in [2.45, 2.75) is 68.8 Å². The van der Waals surface area contributed by atoms with Crippen LogP contribution in [0.4, 0.5) is 0 Å². The molecule has 1 aromatic carbocycles. The Labute approximate surface area is 138 Å². The first-order valence-corrected chi connectivity index (χ1v) is 9.30. The van der Waals surface area contributed by atoms with Crippen molar-refractivity contribution in [2.75, 3.05) is 0 Å². The summed E-state index contributed by atoms with van der Waals surface area (Å²) >= 11 is 1.81. The van der Waals surface area contributed by atoms with E-state index in [1.807, 2.05) is 37.3 Å². The highest BCUT2D eigenvalue weighted by atomic mass is 32.2. The van der Waals surface area contributed by atoms with Crippen molar-refractivity contribution in [1.82, 2.24) is 0 Å². The molecule has 2 fully saturated rings. The second-order valence-electron chi connectivity index (χ2n) is 7.77. The van der Waals surface area contributed by atoms with Gasteiger partial charge in [0.2, 0.25) is 0 Å². The third-order valence-corrected chi connectivity index (χ3v) is 7.17. The molecule has 5 atom stereocenters. The van der Waals surface area contributed by atoms with Crippen LogP contribution in [0.25, 0.3) is 0 Å². The van der Waals surface area contributed by atoms with E-state index in [9.17, 15) is 5.11 Å². The van der Waals surface area contributed by atoms with Gasteiger partial charge in [-0.2, -0.15) is 0 Å². The number of benzene rings is 1. The Morgan fingerprint density at radius 2 is 1.91 bits per heavy atom. The van der Waals surface area contributed by atoms with E-state index in [0.29, 0.717) is 5.92 Å². The summed E-state index contributed by atoms with van der Waals surface area (Å²) in [6.45, 7) is 8.85. The fourth-order valence-electron chi connectivity index (χ4n) is 3.98. The van der Waals surface area contributed by atoms with Gasteiger partial charge in [-0.15, -0.1) is 11.8 Å². The van der Waals surface area contributed by atoms with Crippen LogP contribution in [0.15, 0.2) is 30.3 Å². The normalized spacial score (nSPS) is 37.1. The Balaban J connectivity index is 1.86. The molecule has 0 aromatic heterocycles. The van der Waals surface area contributed by atoms with Gasteiger partial charge in [-0.25, -0.2) is 0 Å². The second kappa shape index (κ2) is 5.85. The molecule has 0 amide bonds. The molecule has 2 aliphatic rings. The molecular formula is C19H28O2S. The molecule has 0 unspecified atom stereocenters. The molecule has 1 N–H and O–H groups in total. The lowest BCUT2D eigenvalue weighted by Gasteiger charge is -2.52. The lowest BCUT2D eigenvalue weighted by Crippen LogP contribution is -2.53. The molecule has 1 heterocycles. The number of thioether (sulfide) groups is 1. The predicted molar refractivity (Wildman–Crippen MR) is 92.8 cm³/mol. The van der Waals surface area contributed by atoms with Crippen molar-refractivity contribution in [3.63, 3.8) is 0 Å². The molecule has 122 valence electrons. The van der Waals surface area contributed by atoms with Gasteiger partial charge in [0.25, 0.3) is 0 Å². The van der Waals surface area contributed by atoms with Gasteiger partial charge in [0.05, 0.1) is 6.10 Å². The van der Waals surface area contributed by atoms with Gasteiger partial charge in [0, 0.05) is 4.75 Å². The Morgan fingerprint density at radius 3 is 2.59 bits per heavy atom. The molecule has 1 aliphatic carbocycles. The zero-order chi connectivity index (χ0) is 16.0. The van der Waals surface area contributed by atoms with Crippen LogP contribution in [0.3, 0.4) is 0 Å². The molecular weight excluding hydrogens is 292 g/mol. The average molecular weight is 320 g/mol. The largest absolute Gasteiger partial charge is 0.382 e. The first kappa shape index (κ1) is 16.4. The van der Waals surface area contributed by atoms with E-state index in [1.54, 1.807) is 11.8 Å². The lowest BCUT2D eigenvalue weighted by molar-refractivity contribution is -0.130. The van der Waals surface area contributed by atoms with Crippen LogP contribution < -0.4 is 0 Å². The van der Waals surface area contributed by atoms with Gasteiger partial charge in [0.15, 0.2) is 0 Å². The van der Waals surface area contributed by atoms with E-state index >= 15 is 0 Å². The Bertz CT molecular complexity index is 511. The van der Waals surface area contributed by atoms with Crippen LogP contribution in [-0.4, -0.2) is 21.4 Å². The summed E-state index contributed by atoms with van der Waals surface area (Å²) in [5.74, 6) is 1.32. The summed E-state index contributed by atoms with van der Waals surface area (Å²) in [4.78, 5) is 0. The zero-order valence-corrected chi connectivity index (χ0v) is 14.9. The summed E-state index contributed by atoms with van der Waals surface area (Å²) < 4.78 is 6.57. The van der Waals surface area contributed by atoms with Gasteiger partial charge < -0.3 is 9.84 Å². The molecule has 0 spiro atoms. The van der Waals surface area contributed by atoms with Crippen molar-refractivity contribution in [1.29, 1.82) is 0 Å².